The molecule has 7 heteroatoms. The van der Waals surface area contributed by atoms with Gasteiger partial charge in [0.2, 0.25) is 11.8 Å². The maximum atomic E-state index is 12.5. The van der Waals surface area contributed by atoms with E-state index in [0.717, 1.165) is 37.4 Å². The molecule has 2 aromatic rings. The molecular formula is C25H33N5O2. The van der Waals surface area contributed by atoms with Gasteiger partial charge in [-0.05, 0) is 54.0 Å². The van der Waals surface area contributed by atoms with Crippen molar-refractivity contribution in [2.75, 3.05) is 36.4 Å². The molecule has 0 unspecified atom stereocenters. The number of amides is 2. The minimum atomic E-state index is -0.0355. The van der Waals surface area contributed by atoms with Crippen LogP contribution in [0.25, 0.3) is 0 Å². The van der Waals surface area contributed by atoms with Gasteiger partial charge < -0.3 is 15.1 Å². The predicted molar refractivity (Wildman–Crippen MR) is 125 cm³/mol. The number of piperidine rings is 1. The van der Waals surface area contributed by atoms with Crippen molar-refractivity contribution in [3.63, 3.8) is 0 Å². The summed E-state index contributed by atoms with van der Waals surface area (Å²) in [5.74, 6) is 1.55. The number of aromatic nitrogens is 2. The van der Waals surface area contributed by atoms with Crippen LogP contribution in [0.4, 0.5) is 11.5 Å². The molecule has 4 rings (SSSR count). The van der Waals surface area contributed by atoms with Crippen molar-refractivity contribution >= 4 is 23.3 Å². The molecule has 1 N–H and O–H groups in total. The van der Waals surface area contributed by atoms with Crippen LogP contribution in [0.5, 0.6) is 0 Å². The summed E-state index contributed by atoms with van der Waals surface area (Å²) in [6, 6.07) is 12.0. The van der Waals surface area contributed by atoms with Crippen molar-refractivity contribution < 1.29 is 9.59 Å². The van der Waals surface area contributed by atoms with Gasteiger partial charge in [0.1, 0.15) is 0 Å². The summed E-state index contributed by atoms with van der Waals surface area (Å²) >= 11 is 0. The topological polar surface area (TPSA) is 78.4 Å². The highest BCUT2D eigenvalue weighted by atomic mass is 16.2. The summed E-state index contributed by atoms with van der Waals surface area (Å²) in [7, 11) is 0. The largest absolute Gasteiger partial charge is 0.353 e. The average molecular weight is 436 g/mol. The second-order valence-corrected chi connectivity index (χ2v) is 10.2. The summed E-state index contributed by atoms with van der Waals surface area (Å²) in [5.41, 5.74) is 2.14. The van der Waals surface area contributed by atoms with Crippen LogP contribution in [-0.4, -0.2) is 53.1 Å². The molecule has 1 aromatic carbocycles. The zero-order chi connectivity index (χ0) is 22.7. The second-order valence-electron chi connectivity index (χ2n) is 10.2. The monoisotopic (exact) mass is 435 g/mol. The Hall–Kier alpha value is -2.96. The molecule has 2 fully saturated rings. The minimum Gasteiger partial charge on any atom is -0.353 e. The molecule has 2 amide bonds. The Kier molecular flexibility index (Phi) is 6.44. The van der Waals surface area contributed by atoms with Crippen LogP contribution in [0, 0.1) is 11.3 Å². The first-order chi connectivity index (χ1) is 15.3. The van der Waals surface area contributed by atoms with E-state index in [-0.39, 0.29) is 23.1 Å². The summed E-state index contributed by atoms with van der Waals surface area (Å²) in [5, 5.41) is 11.0. The van der Waals surface area contributed by atoms with Gasteiger partial charge in [0.15, 0.2) is 5.82 Å². The number of rotatable bonds is 5. The quantitative estimate of drug-likeness (QED) is 0.775. The van der Waals surface area contributed by atoms with E-state index in [0.29, 0.717) is 25.4 Å². The summed E-state index contributed by atoms with van der Waals surface area (Å²) < 4.78 is 0. The smallest absolute Gasteiger partial charge is 0.231 e. The Morgan fingerprint density at radius 1 is 1.06 bits per heavy atom. The first kappa shape index (κ1) is 22.2. The van der Waals surface area contributed by atoms with Gasteiger partial charge in [0.05, 0.1) is 5.92 Å². The molecule has 3 heterocycles. The Balaban J connectivity index is 1.24. The van der Waals surface area contributed by atoms with Gasteiger partial charge in [-0.15, -0.1) is 5.10 Å². The van der Waals surface area contributed by atoms with E-state index < -0.39 is 0 Å². The fourth-order valence-electron chi connectivity index (χ4n) is 4.40. The standard InChI is InChI=1S/C25H33N5O2/c1-25(2,3)15-23(31)29-13-10-19(11-14-29)18-6-8-21(9-7-18)27-24(32)20-16-30(17-20)22-5-4-12-26-28-22/h4-9,12,19-20H,10-11,13-17H2,1-3H3,(H,27,32). The first-order valence-corrected chi connectivity index (χ1v) is 11.5. The molecule has 0 saturated carbocycles. The number of nitrogens with one attached hydrogen (secondary N) is 1. The van der Waals surface area contributed by atoms with Gasteiger partial charge in [-0.2, -0.15) is 5.10 Å². The highest BCUT2D eigenvalue weighted by Crippen LogP contribution is 2.30. The normalized spacial score (nSPS) is 17.7. The summed E-state index contributed by atoms with van der Waals surface area (Å²) in [4.78, 5) is 29.1. The van der Waals surface area contributed by atoms with Crippen molar-refractivity contribution in [3.8, 4) is 0 Å². The fourth-order valence-corrected chi connectivity index (χ4v) is 4.40. The molecule has 2 aliphatic heterocycles. The molecule has 1 aromatic heterocycles. The number of benzene rings is 1. The van der Waals surface area contributed by atoms with Crippen LogP contribution in [0.2, 0.25) is 0 Å². The van der Waals surface area contributed by atoms with Crippen LogP contribution in [-0.2, 0) is 9.59 Å². The number of hydrogen-bond donors (Lipinski definition) is 1. The second kappa shape index (κ2) is 9.27. The lowest BCUT2D eigenvalue weighted by Crippen LogP contribution is -2.52. The highest BCUT2D eigenvalue weighted by molar-refractivity contribution is 5.94. The van der Waals surface area contributed by atoms with E-state index in [9.17, 15) is 9.59 Å². The van der Waals surface area contributed by atoms with Gasteiger partial charge in [0, 0.05) is 44.5 Å². The molecule has 170 valence electrons. The average Bonchev–Trinajstić information content (AvgIpc) is 2.73. The molecule has 0 bridgehead atoms. The Morgan fingerprint density at radius 2 is 1.75 bits per heavy atom. The minimum absolute atomic E-state index is 0.0294. The Morgan fingerprint density at radius 3 is 2.34 bits per heavy atom. The molecule has 7 nitrogen and oxygen atoms in total. The first-order valence-electron chi connectivity index (χ1n) is 11.5. The van der Waals surface area contributed by atoms with E-state index >= 15 is 0 Å². The number of nitrogens with zero attached hydrogens (tertiary/aromatic N) is 4. The lowest BCUT2D eigenvalue weighted by molar-refractivity contribution is -0.134. The SMILES string of the molecule is CC(C)(C)CC(=O)N1CCC(c2ccc(NC(=O)C3CN(c4cccnn4)C3)cc2)CC1. The third-order valence-corrected chi connectivity index (χ3v) is 6.31. The molecule has 2 aliphatic rings. The third kappa shape index (κ3) is 5.44. The third-order valence-electron chi connectivity index (χ3n) is 6.31. The Labute approximate surface area is 190 Å². The van der Waals surface area contributed by atoms with Gasteiger partial charge in [0.25, 0.3) is 0 Å². The van der Waals surface area contributed by atoms with E-state index in [1.165, 1.54) is 5.56 Å². The predicted octanol–water partition coefficient (Wildman–Crippen LogP) is 3.69. The highest BCUT2D eigenvalue weighted by Gasteiger charge is 2.33. The number of carbonyl (C=O) groups is 2. The van der Waals surface area contributed by atoms with Gasteiger partial charge in [-0.1, -0.05) is 32.9 Å². The zero-order valence-corrected chi connectivity index (χ0v) is 19.3. The van der Waals surface area contributed by atoms with E-state index in [1.807, 2.05) is 29.2 Å². The zero-order valence-electron chi connectivity index (χ0n) is 19.3. The van der Waals surface area contributed by atoms with Crippen molar-refractivity contribution in [2.45, 2.75) is 46.0 Å². The number of likely N-dealkylation sites (tertiary alicyclic amines) is 1. The maximum Gasteiger partial charge on any atom is 0.231 e. The summed E-state index contributed by atoms with van der Waals surface area (Å²) in [6.45, 7) is 9.29. The van der Waals surface area contributed by atoms with Crippen molar-refractivity contribution in [1.29, 1.82) is 0 Å². The molecule has 2 saturated heterocycles. The van der Waals surface area contributed by atoms with Crippen LogP contribution >= 0.6 is 0 Å². The molecule has 0 radical (unpaired) electrons. The summed E-state index contributed by atoms with van der Waals surface area (Å²) in [6.07, 6.45) is 4.22. The van der Waals surface area contributed by atoms with Gasteiger partial charge in [-0.25, -0.2) is 0 Å². The number of anilines is 2. The molecule has 32 heavy (non-hydrogen) atoms. The van der Waals surface area contributed by atoms with Gasteiger partial charge in [-0.3, -0.25) is 9.59 Å². The van der Waals surface area contributed by atoms with Crippen molar-refractivity contribution in [2.24, 2.45) is 11.3 Å². The lowest BCUT2D eigenvalue weighted by atomic mass is 9.87. The molecular weight excluding hydrogens is 402 g/mol. The number of hydrogen-bond acceptors (Lipinski definition) is 5. The molecule has 0 atom stereocenters. The molecule has 0 aliphatic carbocycles. The van der Waals surface area contributed by atoms with Gasteiger partial charge >= 0.3 is 0 Å². The number of carbonyl (C=O) groups excluding carboxylic acids is 2. The van der Waals surface area contributed by atoms with Crippen LogP contribution in [0.15, 0.2) is 42.6 Å². The van der Waals surface area contributed by atoms with E-state index in [4.69, 9.17) is 0 Å². The van der Waals surface area contributed by atoms with Crippen LogP contribution < -0.4 is 10.2 Å². The van der Waals surface area contributed by atoms with Crippen LogP contribution in [0.1, 0.15) is 51.5 Å². The van der Waals surface area contributed by atoms with Crippen molar-refractivity contribution in [1.82, 2.24) is 15.1 Å². The van der Waals surface area contributed by atoms with E-state index in [1.54, 1.807) is 6.20 Å². The lowest BCUT2D eigenvalue weighted by Gasteiger charge is -2.38. The van der Waals surface area contributed by atoms with Crippen LogP contribution in [0.3, 0.4) is 0 Å². The van der Waals surface area contributed by atoms with E-state index in [2.05, 4.69) is 53.3 Å². The maximum absolute atomic E-state index is 12.5. The Bertz CT molecular complexity index is 925. The van der Waals surface area contributed by atoms with Crippen molar-refractivity contribution in [3.05, 3.63) is 48.2 Å². The molecule has 0 spiro atoms. The fraction of sp³-hybridized carbons (Fsp3) is 0.520.